The molecule has 4 heteroatoms. The average molecular weight is 363 g/mol. The van der Waals surface area contributed by atoms with E-state index in [0.29, 0.717) is 0 Å². The summed E-state index contributed by atoms with van der Waals surface area (Å²) >= 11 is 3.54. The van der Waals surface area contributed by atoms with E-state index >= 15 is 0 Å². The second-order valence-corrected chi connectivity index (χ2v) is 8.14. The Kier molecular flexibility index (Phi) is 4.55. The molecule has 0 radical (unpaired) electrons. The number of hydrogen-bond donors (Lipinski definition) is 0. The summed E-state index contributed by atoms with van der Waals surface area (Å²) in [5.41, 5.74) is 5.19. The monoisotopic (exact) mass is 362 g/mol. The van der Waals surface area contributed by atoms with Gasteiger partial charge in [-0.3, -0.25) is 0 Å². The predicted octanol–water partition coefficient (Wildman–Crippen LogP) is 6.27. The van der Waals surface area contributed by atoms with Crippen LogP contribution in [0.15, 0.2) is 66.0 Å². The molecule has 0 aliphatic heterocycles. The van der Waals surface area contributed by atoms with Crippen LogP contribution in [0.3, 0.4) is 0 Å². The van der Waals surface area contributed by atoms with Crippen molar-refractivity contribution in [3.63, 3.8) is 0 Å². The number of hydrogen-bond acceptors (Lipinski definition) is 4. The van der Waals surface area contributed by atoms with Crippen molar-refractivity contribution in [2.45, 2.75) is 24.6 Å². The molecule has 0 unspecified atom stereocenters. The lowest BCUT2D eigenvalue weighted by Gasteiger charge is -2.08. The Labute approximate surface area is 156 Å². The lowest BCUT2D eigenvalue weighted by molar-refractivity contribution is 1.11. The highest BCUT2D eigenvalue weighted by Gasteiger charge is 2.17. The first-order valence-corrected chi connectivity index (χ1v) is 10.0. The van der Waals surface area contributed by atoms with E-state index in [1.165, 1.54) is 32.5 Å². The first-order valence-electron chi connectivity index (χ1n) is 8.21. The third-order valence-corrected chi connectivity index (χ3v) is 6.37. The average Bonchev–Trinajstić information content (AvgIpc) is 2.98. The summed E-state index contributed by atoms with van der Waals surface area (Å²) in [5.74, 6) is 0.919. The Morgan fingerprint density at radius 3 is 2.48 bits per heavy atom. The summed E-state index contributed by atoms with van der Waals surface area (Å²) in [6, 6.07) is 19.1. The van der Waals surface area contributed by atoms with E-state index < -0.39 is 0 Å². The maximum absolute atomic E-state index is 4.61. The largest absolute Gasteiger partial charge is 0.229 e. The molecule has 0 amide bonds. The van der Waals surface area contributed by atoms with E-state index in [1.807, 2.05) is 0 Å². The van der Waals surface area contributed by atoms with Crippen molar-refractivity contribution in [3.8, 4) is 11.1 Å². The van der Waals surface area contributed by atoms with Gasteiger partial charge >= 0.3 is 0 Å². The number of fused-ring (bicyclic) bond motifs is 1. The van der Waals surface area contributed by atoms with Crippen LogP contribution in [0.1, 0.15) is 16.0 Å². The van der Waals surface area contributed by atoms with Gasteiger partial charge in [0.05, 0.1) is 5.39 Å². The van der Waals surface area contributed by atoms with E-state index in [2.05, 4.69) is 78.4 Å². The van der Waals surface area contributed by atoms with Crippen molar-refractivity contribution in [1.82, 2.24) is 9.97 Å². The zero-order chi connectivity index (χ0) is 17.2. The van der Waals surface area contributed by atoms with Gasteiger partial charge < -0.3 is 0 Å². The number of rotatable bonds is 4. The van der Waals surface area contributed by atoms with Gasteiger partial charge in [0.25, 0.3) is 0 Å². The molecule has 0 atom stereocenters. The second-order valence-electron chi connectivity index (χ2n) is 5.97. The maximum atomic E-state index is 4.61. The third kappa shape index (κ3) is 3.20. The van der Waals surface area contributed by atoms with E-state index in [4.69, 9.17) is 0 Å². The molecule has 2 heterocycles. The standard InChI is InChI=1S/C21H18N2S2/c1-14-8-6-7-11-17(14)12-24-20-19-18(16-9-4-3-5-10-16)15(2)25-21(19)23-13-22-20/h3-11,13H,12H2,1-2H3. The van der Waals surface area contributed by atoms with Crippen LogP contribution in [0.2, 0.25) is 0 Å². The molecule has 0 aliphatic rings. The highest BCUT2D eigenvalue weighted by atomic mass is 32.2. The smallest absolute Gasteiger partial charge is 0.128 e. The van der Waals surface area contributed by atoms with Crippen LogP contribution in [-0.2, 0) is 5.75 Å². The Balaban J connectivity index is 1.78. The summed E-state index contributed by atoms with van der Waals surface area (Å²) in [6.07, 6.45) is 1.69. The molecule has 124 valence electrons. The summed E-state index contributed by atoms with van der Waals surface area (Å²) in [4.78, 5) is 11.5. The van der Waals surface area contributed by atoms with E-state index in [-0.39, 0.29) is 0 Å². The minimum absolute atomic E-state index is 0.919. The van der Waals surface area contributed by atoms with Crippen LogP contribution in [0, 0.1) is 13.8 Å². The maximum Gasteiger partial charge on any atom is 0.128 e. The first-order chi connectivity index (χ1) is 12.2. The summed E-state index contributed by atoms with van der Waals surface area (Å²) < 4.78 is 0. The molecule has 25 heavy (non-hydrogen) atoms. The SMILES string of the molecule is Cc1ccccc1CSc1ncnc2sc(C)c(-c3ccccc3)c12. The van der Waals surface area contributed by atoms with Crippen molar-refractivity contribution in [1.29, 1.82) is 0 Å². The van der Waals surface area contributed by atoms with E-state index in [9.17, 15) is 0 Å². The molecule has 0 fully saturated rings. The number of thioether (sulfide) groups is 1. The topological polar surface area (TPSA) is 25.8 Å². The van der Waals surface area contributed by atoms with Crippen molar-refractivity contribution >= 4 is 33.3 Å². The van der Waals surface area contributed by atoms with Crippen LogP contribution in [0.25, 0.3) is 21.3 Å². The normalized spacial score (nSPS) is 11.1. The van der Waals surface area contributed by atoms with Crippen molar-refractivity contribution in [2.75, 3.05) is 0 Å². The molecule has 4 rings (SSSR count). The number of aryl methyl sites for hydroxylation is 2. The minimum Gasteiger partial charge on any atom is -0.229 e. The Morgan fingerprint density at radius 2 is 1.68 bits per heavy atom. The second kappa shape index (κ2) is 6.98. The highest BCUT2D eigenvalue weighted by molar-refractivity contribution is 7.98. The zero-order valence-electron chi connectivity index (χ0n) is 14.2. The summed E-state index contributed by atoms with van der Waals surface area (Å²) in [6.45, 7) is 4.33. The molecule has 2 aromatic carbocycles. The van der Waals surface area contributed by atoms with Gasteiger partial charge in [-0.05, 0) is 30.5 Å². The zero-order valence-corrected chi connectivity index (χ0v) is 15.8. The van der Waals surface area contributed by atoms with E-state index in [0.717, 1.165) is 15.6 Å². The number of nitrogens with zero attached hydrogens (tertiary/aromatic N) is 2. The van der Waals surface area contributed by atoms with Crippen LogP contribution in [0.5, 0.6) is 0 Å². The summed E-state index contributed by atoms with van der Waals surface area (Å²) in [7, 11) is 0. The van der Waals surface area contributed by atoms with Gasteiger partial charge in [-0.1, -0.05) is 54.6 Å². The molecular formula is C21H18N2S2. The van der Waals surface area contributed by atoms with Crippen LogP contribution >= 0.6 is 23.1 Å². The molecule has 2 nitrogen and oxygen atoms in total. The third-order valence-electron chi connectivity index (χ3n) is 4.32. The molecule has 2 aromatic heterocycles. The van der Waals surface area contributed by atoms with Gasteiger partial charge in [-0.15, -0.1) is 23.1 Å². The van der Waals surface area contributed by atoms with Gasteiger partial charge in [0, 0.05) is 16.2 Å². The Bertz CT molecular complexity index is 1020. The molecule has 0 N–H and O–H groups in total. The van der Waals surface area contributed by atoms with Crippen molar-refractivity contribution < 1.29 is 0 Å². The highest BCUT2D eigenvalue weighted by Crippen LogP contribution is 2.41. The fraction of sp³-hybridized carbons (Fsp3) is 0.143. The molecule has 0 spiro atoms. The van der Waals surface area contributed by atoms with Crippen LogP contribution in [0.4, 0.5) is 0 Å². The van der Waals surface area contributed by atoms with Gasteiger partial charge in [-0.2, -0.15) is 0 Å². The quantitative estimate of drug-likeness (QED) is 0.316. The molecule has 0 aliphatic carbocycles. The lowest BCUT2D eigenvalue weighted by atomic mass is 10.0. The molecule has 0 saturated carbocycles. The predicted molar refractivity (Wildman–Crippen MR) is 108 cm³/mol. The van der Waals surface area contributed by atoms with Gasteiger partial charge in [-0.25, -0.2) is 9.97 Å². The van der Waals surface area contributed by atoms with Gasteiger partial charge in [0.1, 0.15) is 16.2 Å². The lowest BCUT2D eigenvalue weighted by Crippen LogP contribution is -1.89. The summed E-state index contributed by atoms with van der Waals surface area (Å²) in [5, 5.41) is 2.26. The van der Waals surface area contributed by atoms with Crippen molar-refractivity contribution in [3.05, 3.63) is 76.9 Å². The Morgan fingerprint density at radius 1 is 0.920 bits per heavy atom. The van der Waals surface area contributed by atoms with Gasteiger partial charge in [0.2, 0.25) is 0 Å². The van der Waals surface area contributed by atoms with E-state index in [1.54, 1.807) is 29.4 Å². The van der Waals surface area contributed by atoms with Crippen LogP contribution in [-0.4, -0.2) is 9.97 Å². The molecular weight excluding hydrogens is 344 g/mol. The molecule has 0 saturated heterocycles. The molecule has 0 bridgehead atoms. The first kappa shape index (κ1) is 16.3. The number of benzene rings is 2. The molecule has 4 aromatic rings. The fourth-order valence-corrected chi connectivity index (χ4v) is 5.16. The number of thiophene rings is 1. The fourth-order valence-electron chi connectivity index (χ4n) is 3.00. The van der Waals surface area contributed by atoms with Gasteiger partial charge in [0.15, 0.2) is 0 Å². The number of aromatic nitrogens is 2. The van der Waals surface area contributed by atoms with Crippen LogP contribution < -0.4 is 0 Å². The van der Waals surface area contributed by atoms with Crippen molar-refractivity contribution in [2.24, 2.45) is 0 Å². The minimum atomic E-state index is 0.919. The Hall–Kier alpha value is -2.17.